The van der Waals surface area contributed by atoms with Crippen LogP contribution in [0.5, 0.6) is 5.75 Å². The molecule has 0 radical (unpaired) electrons. The Morgan fingerprint density at radius 1 is 1.58 bits per heavy atom. The number of fused-ring (bicyclic) bond motifs is 1. The molecule has 1 N–H and O–H groups in total. The fourth-order valence-corrected chi connectivity index (χ4v) is 1.79. The maximum atomic E-state index is 5.80. The number of hydrogen-bond donors (Lipinski definition) is 1. The lowest BCUT2D eigenvalue weighted by Crippen LogP contribution is -2.25. The Morgan fingerprint density at radius 2 is 2.42 bits per heavy atom. The van der Waals surface area contributed by atoms with Crippen molar-refractivity contribution in [2.75, 3.05) is 11.9 Å². The second-order valence-corrected chi connectivity index (χ2v) is 4.50. The zero-order chi connectivity index (χ0) is 8.55. The Morgan fingerprint density at radius 3 is 3.25 bits per heavy atom. The third-order valence-electron chi connectivity index (χ3n) is 1.64. The summed E-state index contributed by atoms with van der Waals surface area (Å²) in [5, 5.41) is 4.00. The van der Waals surface area contributed by atoms with Crippen LogP contribution in [0, 0.1) is 0 Å². The molecular formula is C8H7ClINO. The molecular weight excluding hydrogens is 288 g/mol. The van der Waals surface area contributed by atoms with E-state index in [1.165, 1.54) is 0 Å². The van der Waals surface area contributed by atoms with Gasteiger partial charge < -0.3 is 10.1 Å². The van der Waals surface area contributed by atoms with E-state index in [0.717, 1.165) is 11.4 Å². The second kappa shape index (κ2) is 3.30. The molecule has 2 rings (SSSR count). The van der Waals surface area contributed by atoms with E-state index >= 15 is 0 Å². The summed E-state index contributed by atoms with van der Waals surface area (Å²) in [5.41, 5.74) is 1.02. The maximum Gasteiger partial charge on any atom is 0.144 e. The van der Waals surface area contributed by atoms with Gasteiger partial charge in [-0.2, -0.15) is 0 Å². The van der Waals surface area contributed by atoms with Gasteiger partial charge in [0.15, 0.2) is 0 Å². The zero-order valence-electron chi connectivity index (χ0n) is 6.18. The number of anilines is 1. The van der Waals surface area contributed by atoms with E-state index in [2.05, 4.69) is 27.9 Å². The number of halogens is 2. The first kappa shape index (κ1) is 8.44. The molecule has 1 aromatic carbocycles. The van der Waals surface area contributed by atoms with Crippen molar-refractivity contribution in [2.24, 2.45) is 0 Å². The molecule has 12 heavy (non-hydrogen) atoms. The minimum Gasteiger partial charge on any atom is -0.488 e. The number of ether oxygens (including phenoxy) is 1. The lowest BCUT2D eigenvalue weighted by molar-refractivity contribution is 0.318. The van der Waals surface area contributed by atoms with Gasteiger partial charge in [0.1, 0.15) is 16.4 Å². The van der Waals surface area contributed by atoms with E-state index in [-0.39, 0.29) is 0 Å². The topological polar surface area (TPSA) is 21.3 Å². The molecule has 1 aliphatic rings. The highest BCUT2D eigenvalue weighted by Crippen LogP contribution is 2.32. The van der Waals surface area contributed by atoms with Crippen LogP contribution in [0.4, 0.5) is 5.69 Å². The number of benzene rings is 1. The number of rotatable bonds is 0. The van der Waals surface area contributed by atoms with Crippen molar-refractivity contribution < 1.29 is 4.74 Å². The minimum absolute atomic E-state index is 0.344. The molecule has 1 atom stereocenters. The molecule has 1 aromatic rings. The molecule has 0 bridgehead atoms. The van der Waals surface area contributed by atoms with Gasteiger partial charge >= 0.3 is 0 Å². The Labute approximate surface area is 89.4 Å². The monoisotopic (exact) mass is 295 g/mol. The molecule has 64 valence electrons. The minimum atomic E-state index is 0.344. The van der Waals surface area contributed by atoms with Crippen molar-refractivity contribution in [3.63, 3.8) is 0 Å². The van der Waals surface area contributed by atoms with E-state index in [1.807, 2.05) is 18.2 Å². The molecule has 1 unspecified atom stereocenters. The highest BCUT2D eigenvalue weighted by atomic mass is 127. The molecule has 0 aromatic heterocycles. The number of nitrogens with one attached hydrogen (secondary N) is 1. The van der Waals surface area contributed by atoms with Gasteiger partial charge in [0.2, 0.25) is 0 Å². The van der Waals surface area contributed by atoms with Gasteiger partial charge in [-0.1, -0.05) is 34.2 Å². The van der Waals surface area contributed by atoms with Crippen LogP contribution in [0.25, 0.3) is 0 Å². The van der Waals surface area contributed by atoms with E-state index in [0.29, 0.717) is 15.7 Å². The summed E-state index contributed by atoms with van der Waals surface area (Å²) in [6.45, 7) is 0.688. The Bertz CT molecular complexity index is 305. The standard InChI is InChI=1S/C8H7ClINO/c9-5-1-2-6-7(3-5)12-4-8(10)11-6/h1-3,8,11H,4H2. The number of alkyl halides is 1. The summed E-state index contributed by atoms with van der Waals surface area (Å²) in [6, 6.07) is 5.61. The summed E-state index contributed by atoms with van der Waals surface area (Å²) in [7, 11) is 0. The molecule has 0 saturated carbocycles. The van der Waals surface area contributed by atoms with Crippen LogP contribution in [-0.2, 0) is 0 Å². The first-order valence-corrected chi connectivity index (χ1v) is 5.21. The molecule has 0 fully saturated rings. The highest BCUT2D eigenvalue weighted by molar-refractivity contribution is 14.1. The highest BCUT2D eigenvalue weighted by Gasteiger charge is 2.15. The van der Waals surface area contributed by atoms with Crippen molar-refractivity contribution in [3.8, 4) is 5.75 Å². The molecule has 1 aliphatic heterocycles. The zero-order valence-corrected chi connectivity index (χ0v) is 9.09. The van der Waals surface area contributed by atoms with Gasteiger partial charge in [-0.3, -0.25) is 0 Å². The van der Waals surface area contributed by atoms with Gasteiger partial charge in [0, 0.05) is 11.1 Å². The van der Waals surface area contributed by atoms with E-state index in [1.54, 1.807) is 0 Å². The molecule has 0 aliphatic carbocycles. The first-order chi connectivity index (χ1) is 5.75. The van der Waals surface area contributed by atoms with Gasteiger partial charge in [0.25, 0.3) is 0 Å². The van der Waals surface area contributed by atoms with E-state index in [4.69, 9.17) is 16.3 Å². The van der Waals surface area contributed by atoms with Crippen molar-refractivity contribution in [2.45, 2.75) is 4.05 Å². The Balaban J connectivity index is 2.37. The quantitative estimate of drug-likeness (QED) is 0.451. The molecule has 4 heteroatoms. The SMILES string of the molecule is Clc1ccc2c(c1)OCC(I)N2. The van der Waals surface area contributed by atoms with Crippen LogP contribution >= 0.6 is 34.2 Å². The van der Waals surface area contributed by atoms with Crippen LogP contribution in [0.2, 0.25) is 5.02 Å². The fraction of sp³-hybridized carbons (Fsp3) is 0.250. The number of hydrogen-bond acceptors (Lipinski definition) is 2. The van der Waals surface area contributed by atoms with Crippen LogP contribution < -0.4 is 10.1 Å². The summed E-state index contributed by atoms with van der Waals surface area (Å²) in [5.74, 6) is 0.843. The summed E-state index contributed by atoms with van der Waals surface area (Å²) in [6.07, 6.45) is 0. The molecule has 0 amide bonds. The third-order valence-corrected chi connectivity index (χ3v) is 2.55. The van der Waals surface area contributed by atoms with Crippen molar-refractivity contribution in [3.05, 3.63) is 23.2 Å². The van der Waals surface area contributed by atoms with Crippen LogP contribution in [0.3, 0.4) is 0 Å². The Hall–Kier alpha value is -0.160. The summed E-state index contributed by atoms with van der Waals surface area (Å²) in [4.78, 5) is 0. The van der Waals surface area contributed by atoms with Crippen LogP contribution in [0.15, 0.2) is 18.2 Å². The lowest BCUT2D eigenvalue weighted by Gasteiger charge is -2.23. The third kappa shape index (κ3) is 1.61. The Kier molecular flexibility index (Phi) is 2.32. The first-order valence-electron chi connectivity index (χ1n) is 3.58. The van der Waals surface area contributed by atoms with Gasteiger partial charge in [-0.25, -0.2) is 0 Å². The predicted octanol–water partition coefficient (Wildman–Crippen LogP) is 2.91. The summed E-state index contributed by atoms with van der Waals surface area (Å²) >= 11 is 8.10. The van der Waals surface area contributed by atoms with E-state index in [9.17, 15) is 0 Å². The van der Waals surface area contributed by atoms with Crippen molar-refractivity contribution in [1.82, 2.24) is 0 Å². The summed E-state index contributed by atoms with van der Waals surface area (Å²) < 4.78 is 5.81. The normalized spacial score (nSPS) is 20.7. The molecule has 1 heterocycles. The van der Waals surface area contributed by atoms with Crippen LogP contribution in [-0.4, -0.2) is 10.7 Å². The largest absolute Gasteiger partial charge is 0.488 e. The van der Waals surface area contributed by atoms with Gasteiger partial charge in [0.05, 0.1) is 5.69 Å². The molecule has 0 spiro atoms. The molecule has 2 nitrogen and oxygen atoms in total. The van der Waals surface area contributed by atoms with Gasteiger partial charge in [-0.05, 0) is 12.1 Å². The average molecular weight is 296 g/mol. The second-order valence-electron chi connectivity index (χ2n) is 2.56. The van der Waals surface area contributed by atoms with Gasteiger partial charge in [-0.15, -0.1) is 0 Å². The van der Waals surface area contributed by atoms with Crippen molar-refractivity contribution in [1.29, 1.82) is 0 Å². The maximum absolute atomic E-state index is 5.80. The van der Waals surface area contributed by atoms with Crippen molar-refractivity contribution >= 4 is 39.9 Å². The lowest BCUT2D eigenvalue weighted by atomic mass is 10.2. The van der Waals surface area contributed by atoms with Crippen LogP contribution in [0.1, 0.15) is 0 Å². The average Bonchev–Trinajstić information content (AvgIpc) is 2.05. The fourth-order valence-electron chi connectivity index (χ4n) is 1.11. The van der Waals surface area contributed by atoms with E-state index < -0.39 is 0 Å². The predicted molar refractivity (Wildman–Crippen MR) is 58.4 cm³/mol. The molecule has 0 saturated heterocycles. The smallest absolute Gasteiger partial charge is 0.144 e.